The number of anilines is 1. The third-order valence-electron chi connectivity index (χ3n) is 3.84. The van der Waals surface area contributed by atoms with E-state index in [1.54, 1.807) is 17.0 Å². The number of carbonyl (C=O) groups excluding carboxylic acids is 2. The Morgan fingerprint density at radius 1 is 1.17 bits per heavy atom. The van der Waals surface area contributed by atoms with Crippen LogP contribution in [0.5, 0.6) is 0 Å². The number of nitrogens with zero attached hydrogens (tertiary/aromatic N) is 1. The second kappa shape index (κ2) is 6.60. The van der Waals surface area contributed by atoms with Crippen LogP contribution in [0.25, 0.3) is 0 Å². The molecule has 1 heterocycles. The zero-order valence-electron chi connectivity index (χ0n) is 12.6. The smallest absolute Gasteiger partial charge is 0.231 e. The van der Waals surface area contributed by atoms with Crippen molar-refractivity contribution in [2.24, 2.45) is 0 Å². The molecule has 1 N–H and O–H groups in total. The van der Waals surface area contributed by atoms with Gasteiger partial charge >= 0.3 is 0 Å². The first-order chi connectivity index (χ1) is 11.1. The Kier molecular flexibility index (Phi) is 4.37. The molecule has 0 saturated heterocycles. The van der Waals surface area contributed by atoms with E-state index in [0.717, 1.165) is 11.3 Å². The van der Waals surface area contributed by atoms with E-state index in [1.165, 1.54) is 12.1 Å². The summed E-state index contributed by atoms with van der Waals surface area (Å²) in [6.45, 7) is 0.805. The highest BCUT2D eigenvalue weighted by atomic mass is 19.1. The van der Waals surface area contributed by atoms with Crippen molar-refractivity contribution >= 4 is 17.5 Å². The van der Waals surface area contributed by atoms with Crippen LogP contribution in [0.2, 0.25) is 0 Å². The van der Waals surface area contributed by atoms with Crippen molar-refractivity contribution in [3.05, 3.63) is 65.5 Å². The summed E-state index contributed by atoms with van der Waals surface area (Å²) in [5.74, 6) is -0.490. The number of para-hydroxylation sites is 1. The normalized spacial score (nSPS) is 13.1. The fourth-order valence-electron chi connectivity index (χ4n) is 2.76. The molecule has 0 aliphatic carbocycles. The fourth-order valence-corrected chi connectivity index (χ4v) is 2.76. The van der Waals surface area contributed by atoms with Gasteiger partial charge in [0.15, 0.2) is 0 Å². The summed E-state index contributed by atoms with van der Waals surface area (Å²) in [6.07, 6.45) is 0.537. The lowest BCUT2D eigenvalue weighted by molar-refractivity contribution is -0.121. The Morgan fingerprint density at radius 3 is 2.83 bits per heavy atom. The van der Waals surface area contributed by atoms with Gasteiger partial charge in [-0.15, -0.1) is 0 Å². The zero-order chi connectivity index (χ0) is 16.2. The van der Waals surface area contributed by atoms with Crippen molar-refractivity contribution < 1.29 is 14.0 Å². The molecule has 0 bridgehead atoms. The molecule has 118 valence electrons. The van der Waals surface area contributed by atoms with Crippen LogP contribution in [-0.2, 0) is 22.4 Å². The van der Waals surface area contributed by atoms with E-state index < -0.39 is 0 Å². The first kappa shape index (κ1) is 15.2. The molecule has 0 fully saturated rings. The number of amides is 2. The molecule has 5 heteroatoms. The van der Waals surface area contributed by atoms with Crippen LogP contribution >= 0.6 is 0 Å². The molecule has 4 nitrogen and oxygen atoms in total. The predicted molar refractivity (Wildman–Crippen MR) is 85.6 cm³/mol. The molecule has 0 saturated carbocycles. The van der Waals surface area contributed by atoms with Crippen LogP contribution in [0.4, 0.5) is 10.1 Å². The number of nitrogens with one attached hydrogen (secondary N) is 1. The molecule has 0 aromatic heterocycles. The van der Waals surface area contributed by atoms with E-state index in [0.29, 0.717) is 25.1 Å². The van der Waals surface area contributed by atoms with E-state index in [2.05, 4.69) is 5.32 Å². The average Bonchev–Trinajstić information content (AvgIpc) is 2.83. The van der Waals surface area contributed by atoms with Gasteiger partial charge in [-0.2, -0.15) is 0 Å². The summed E-state index contributed by atoms with van der Waals surface area (Å²) in [6, 6.07) is 13.6. The molecule has 1 aliphatic rings. The van der Waals surface area contributed by atoms with Crippen LogP contribution in [0, 0.1) is 5.82 Å². The van der Waals surface area contributed by atoms with Gasteiger partial charge in [0.2, 0.25) is 11.8 Å². The average molecular weight is 312 g/mol. The van der Waals surface area contributed by atoms with Crippen LogP contribution < -0.4 is 10.2 Å². The molecule has 2 amide bonds. The molecule has 0 atom stereocenters. The SMILES string of the molecule is O=C(Cc1cccc(F)c1)NCCN1C(=O)Cc2ccccc21. The zero-order valence-corrected chi connectivity index (χ0v) is 12.6. The number of hydrogen-bond donors (Lipinski definition) is 1. The van der Waals surface area contributed by atoms with Gasteiger partial charge in [0, 0.05) is 18.8 Å². The molecule has 0 radical (unpaired) electrons. The van der Waals surface area contributed by atoms with Crippen LogP contribution in [-0.4, -0.2) is 24.9 Å². The summed E-state index contributed by atoms with van der Waals surface area (Å²) in [5.41, 5.74) is 2.56. The lowest BCUT2D eigenvalue weighted by Gasteiger charge is -2.17. The van der Waals surface area contributed by atoms with Crippen molar-refractivity contribution in [1.29, 1.82) is 0 Å². The van der Waals surface area contributed by atoms with E-state index in [9.17, 15) is 14.0 Å². The lowest BCUT2D eigenvalue weighted by atomic mass is 10.1. The lowest BCUT2D eigenvalue weighted by Crippen LogP contribution is -2.37. The Labute approximate surface area is 133 Å². The maximum Gasteiger partial charge on any atom is 0.231 e. The molecule has 0 unspecified atom stereocenters. The van der Waals surface area contributed by atoms with Gasteiger partial charge in [-0.25, -0.2) is 4.39 Å². The van der Waals surface area contributed by atoms with Crippen molar-refractivity contribution in [3.8, 4) is 0 Å². The summed E-state index contributed by atoms with van der Waals surface area (Å²) in [4.78, 5) is 25.6. The van der Waals surface area contributed by atoms with Gasteiger partial charge in [-0.3, -0.25) is 9.59 Å². The van der Waals surface area contributed by atoms with Gasteiger partial charge in [0.1, 0.15) is 5.82 Å². The Balaban J connectivity index is 1.52. The van der Waals surface area contributed by atoms with Crippen molar-refractivity contribution in [2.45, 2.75) is 12.8 Å². The first-order valence-corrected chi connectivity index (χ1v) is 7.53. The van der Waals surface area contributed by atoms with Gasteiger partial charge in [0.05, 0.1) is 12.8 Å². The van der Waals surface area contributed by atoms with Gasteiger partial charge in [0.25, 0.3) is 0 Å². The molecular formula is C18H17FN2O2. The highest BCUT2D eigenvalue weighted by molar-refractivity contribution is 6.01. The number of hydrogen-bond acceptors (Lipinski definition) is 2. The minimum absolute atomic E-state index is 0.0468. The Morgan fingerprint density at radius 2 is 2.00 bits per heavy atom. The number of fused-ring (bicyclic) bond motifs is 1. The predicted octanol–water partition coefficient (Wildman–Crippen LogP) is 2.07. The molecule has 3 rings (SSSR count). The van der Waals surface area contributed by atoms with Crippen molar-refractivity contribution in [2.75, 3.05) is 18.0 Å². The summed E-state index contributed by atoms with van der Waals surface area (Å²) < 4.78 is 13.1. The largest absolute Gasteiger partial charge is 0.354 e. The van der Waals surface area contributed by atoms with E-state index in [-0.39, 0.29) is 24.1 Å². The molecule has 0 spiro atoms. The highest BCUT2D eigenvalue weighted by Crippen LogP contribution is 2.27. The summed E-state index contributed by atoms with van der Waals surface area (Å²) in [7, 11) is 0. The van der Waals surface area contributed by atoms with Crippen LogP contribution in [0.15, 0.2) is 48.5 Å². The first-order valence-electron chi connectivity index (χ1n) is 7.53. The number of halogens is 1. The van der Waals surface area contributed by atoms with Gasteiger partial charge < -0.3 is 10.2 Å². The Hall–Kier alpha value is -2.69. The van der Waals surface area contributed by atoms with E-state index >= 15 is 0 Å². The second-order valence-corrected chi connectivity index (χ2v) is 5.51. The topological polar surface area (TPSA) is 49.4 Å². The van der Waals surface area contributed by atoms with E-state index in [4.69, 9.17) is 0 Å². The Bertz CT molecular complexity index is 745. The van der Waals surface area contributed by atoms with Crippen molar-refractivity contribution in [3.63, 3.8) is 0 Å². The molecule has 2 aromatic carbocycles. The van der Waals surface area contributed by atoms with Crippen molar-refractivity contribution in [1.82, 2.24) is 5.32 Å². The fraction of sp³-hybridized carbons (Fsp3) is 0.222. The maximum absolute atomic E-state index is 13.1. The maximum atomic E-state index is 13.1. The molecule has 1 aliphatic heterocycles. The standard InChI is InChI=1S/C18H17FN2O2/c19-15-6-3-4-13(10-15)11-17(22)20-8-9-21-16-7-2-1-5-14(16)12-18(21)23/h1-7,10H,8-9,11-12H2,(H,20,22). The number of rotatable bonds is 5. The van der Waals surface area contributed by atoms with Gasteiger partial charge in [-0.05, 0) is 29.3 Å². The molecule has 23 heavy (non-hydrogen) atoms. The third-order valence-corrected chi connectivity index (χ3v) is 3.84. The molecular weight excluding hydrogens is 295 g/mol. The van der Waals surface area contributed by atoms with Crippen LogP contribution in [0.1, 0.15) is 11.1 Å². The minimum Gasteiger partial charge on any atom is -0.354 e. The summed E-state index contributed by atoms with van der Waals surface area (Å²) in [5, 5.41) is 2.77. The van der Waals surface area contributed by atoms with Gasteiger partial charge in [-0.1, -0.05) is 30.3 Å². The molecule has 2 aromatic rings. The van der Waals surface area contributed by atoms with Crippen LogP contribution in [0.3, 0.4) is 0 Å². The third kappa shape index (κ3) is 3.56. The highest BCUT2D eigenvalue weighted by Gasteiger charge is 2.26. The van der Waals surface area contributed by atoms with E-state index in [1.807, 2.05) is 24.3 Å². The summed E-state index contributed by atoms with van der Waals surface area (Å²) >= 11 is 0. The second-order valence-electron chi connectivity index (χ2n) is 5.51. The number of benzene rings is 2. The minimum atomic E-state index is -0.352. The quantitative estimate of drug-likeness (QED) is 0.919. The monoisotopic (exact) mass is 312 g/mol. The number of carbonyl (C=O) groups is 2.